The van der Waals surface area contributed by atoms with E-state index in [1.54, 1.807) is 11.3 Å². The van der Waals surface area contributed by atoms with Crippen molar-refractivity contribution in [1.82, 2.24) is 5.32 Å². The Kier molecular flexibility index (Phi) is 3.29. The fraction of sp³-hybridized carbons (Fsp3) is 0.273. The Hall–Kier alpha value is -0.580. The molecule has 0 bridgehead atoms. The molecule has 0 aliphatic rings. The van der Waals surface area contributed by atoms with Gasteiger partial charge in [0.2, 0.25) is 0 Å². The molecule has 1 unspecified atom stereocenters. The first-order chi connectivity index (χ1) is 7.22. The number of hydrogen-bond donors (Lipinski definition) is 1. The lowest BCUT2D eigenvalue weighted by Gasteiger charge is -2.12. The van der Waals surface area contributed by atoms with Gasteiger partial charge in [-0.15, -0.1) is 11.3 Å². The van der Waals surface area contributed by atoms with E-state index < -0.39 is 0 Å². The number of rotatable bonds is 3. The zero-order chi connectivity index (χ0) is 10.8. The lowest BCUT2D eigenvalue weighted by atomic mass is 10.2. The van der Waals surface area contributed by atoms with Crippen LogP contribution in [0.2, 0.25) is 0 Å². The minimum atomic E-state index is 0.132. The van der Waals surface area contributed by atoms with Crippen LogP contribution in [0, 0.1) is 6.92 Å². The summed E-state index contributed by atoms with van der Waals surface area (Å²) in [5.41, 5.74) is 0. The van der Waals surface area contributed by atoms with Crippen LogP contribution in [0.5, 0.6) is 0 Å². The van der Waals surface area contributed by atoms with E-state index in [0.717, 1.165) is 16.0 Å². The minimum absolute atomic E-state index is 0.132. The van der Waals surface area contributed by atoms with E-state index >= 15 is 0 Å². The summed E-state index contributed by atoms with van der Waals surface area (Å²) >= 11 is 5.26. The van der Waals surface area contributed by atoms with Gasteiger partial charge in [-0.1, -0.05) is 0 Å². The number of halogens is 1. The maximum Gasteiger partial charge on any atom is 0.126 e. The van der Waals surface area contributed by atoms with Crippen molar-refractivity contribution < 1.29 is 4.42 Å². The quantitative estimate of drug-likeness (QED) is 0.930. The minimum Gasteiger partial charge on any atom is -0.464 e. The van der Waals surface area contributed by atoms with E-state index in [1.165, 1.54) is 4.88 Å². The molecule has 0 aromatic carbocycles. The Morgan fingerprint density at radius 1 is 1.40 bits per heavy atom. The zero-order valence-electron chi connectivity index (χ0n) is 8.58. The first-order valence-corrected chi connectivity index (χ1v) is 6.36. The summed E-state index contributed by atoms with van der Waals surface area (Å²) in [6.45, 7) is 1.96. The molecule has 0 fully saturated rings. The summed E-state index contributed by atoms with van der Waals surface area (Å²) in [7, 11) is 1.94. The number of thiophene rings is 1. The van der Waals surface area contributed by atoms with Crippen LogP contribution in [-0.4, -0.2) is 7.05 Å². The lowest BCUT2D eigenvalue weighted by Crippen LogP contribution is -2.16. The molecule has 2 aromatic rings. The van der Waals surface area contributed by atoms with Crippen molar-refractivity contribution in [3.05, 3.63) is 44.4 Å². The van der Waals surface area contributed by atoms with E-state index in [-0.39, 0.29) is 6.04 Å². The fourth-order valence-electron chi connectivity index (χ4n) is 1.52. The van der Waals surface area contributed by atoms with Gasteiger partial charge in [-0.05, 0) is 53.5 Å². The Bertz CT molecular complexity index is 449. The monoisotopic (exact) mass is 285 g/mol. The maximum absolute atomic E-state index is 5.64. The molecule has 0 spiro atoms. The number of nitrogens with one attached hydrogen (secondary N) is 1. The van der Waals surface area contributed by atoms with E-state index in [1.807, 2.05) is 26.1 Å². The summed E-state index contributed by atoms with van der Waals surface area (Å²) < 4.78 is 6.76. The van der Waals surface area contributed by atoms with E-state index in [4.69, 9.17) is 4.42 Å². The Morgan fingerprint density at radius 2 is 2.20 bits per heavy atom. The van der Waals surface area contributed by atoms with Crippen molar-refractivity contribution in [2.45, 2.75) is 13.0 Å². The highest BCUT2D eigenvalue weighted by atomic mass is 79.9. The fourth-order valence-corrected chi connectivity index (χ4v) is 3.24. The molecule has 2 rings (SSSR count). The number of aryl methyl sites for hydroxylation is 1. The Balaban J connectivity index is 2.36. The molecule has 0 saturated carbocycles. The van der Waals surface area contributed by atoms with Crippen LogP contribution in [0.15, 0.2) is 32.5 Å². The largest absolute Gasteiger partial charge is 0.464 e. The van der Waals surface area contributed by atoms with Gasteiger partial charge in [-0.3, -0.25) is 0 Å². The lowest BCUT2D eigenvalue weighted by molar-refractivity contribution is 0.446. The molecule has 0 aliphatic carbocycles. The normalized spacial score (nSPS) is 13.0. The van der Waals surface area contributed by atoms with Crippen molar-refractivity contribution in [3.63, 3.8) is 0 Å². The smallest absolute Gasteiger partial charge is 0.126 e. The Morgan fingerprint density at radius 3 is 2.67 bits per heavy atom. The van der Waals surface area contributed by atoms with Crippen molar-refractivity contribution in [1.29, 1.82) is 0 Å². The molecule has 2 nitrogen and oxygen atoms in total. The molecule has 0 saturated heterocycles. The Labute approximate surface area is 101 Å². The van der Waals surface area contributed by atoms with Crippen LogP contribution >= 0.6 is 27.3 Å². The zero-order valence-corrected chi connectivity index (χ0v) is 11.0. The van der Waals surface area contributed by atoms with Gasteiger partial charge >= 0.3 is 0 Å². The molecule has 4 heteroatoms. The molecule has 1 atom stereocenters. The summed E-state index contributed by atoms with van der Waals surface area (Å²) in [4.78, 5) is 1.24. The third-order valence-corrected chi connectivity index (χ3v) is 4.18. The third-order valence-electron chi connectivity index (χ3n) is 2.24. The van der Waals surface area contributed by atoms with Crippen molar-refractivity contribution in [2.24, 2.45) is 0 Å². The van der Waals surface area contributed by atoms with Crippen molar-refractivity contribution in [2.75, 3.05) is 7.05 Å². The molecule has 0 amide bonds. The van der Waals surface area contributed by atoms with Gasteiger partial charge in [-0.2, -0.15) is 0 Å². The van der Waals surface area contributed by atoms with Gasteiger partial charge in [-0.25, -0.2) is 0 Å². The van der Waals surface area contributed by atoms with Gasteiger partial charge < -0.3 is 9.73 Å². The first-order valence-electron chi connectivity index (χ1n) is 4.69. The highest BCUT2D eigenvalue weighted by Crippen LogP contribution is 2.33. The molecule has 1 N–H and O–H groups in total. The second-order valence-electron chi connectivity index (χ2n) is 3.30. The molecule has 2 heterocycles. The molecule has 0 aliphatic heterocycles. The van der Waals surface area contributed by atoms with Gasteiger partial charge in [0.1, 0.15) is 17.6 Å². The average Bonchev–Trinajstić information content (AvgIpc) is 2.79. The summed E-state index contributed by atoms with van der Waals surface area (Å²) in [5, 5.41) is 5.33. The highest BCUT2D eigenvalue weighted by molar-refractivity contribution is 9.10. The second kappa shape index (κ2) is 4.51. The van der Waals surface area contributed by atoms with Gasteiger partial charge in [0.25, 0.3) is 0 Å². The number of furan rings is 1. The molecule has 0 radical (unpaired) electrons. The SMILES string of the molecule is CNC(c1ccc(C)o1)c1sccc1Br. The van der Waals surface area contributed by atoms with Crippen LogP contribution in [0.3, 0.4) is 0 Å². The second-order valence-corrected chi connectivity index (χ2v) is 5.10. The van der Waals surface area contributed by atoms with Crippen molar-refractivity contribution in [3.8, 4) is 0 Å². The van der Waals surface area contributed by atoms with Gasteiger partial charge in [0.05, 0.1) is 0 Å². The molecular formula is C11H12BrNOS. The molecular weight excluding hydrogens is 274 g/mol. The topological polar surface area (TPSA) is 25.2 Å². The van der Waals surface area contributed by atoms with E-state index in [9.17, 15) is 0 Å². The summed E-state index contributed by atoms with van der Waals surface area (Å²) in [6.07, 6.45) is 0. The van der Waals surface area contributed by atoms with Crippen LogP contribution in [0.4, 0.5) is 0 Å². The average molecular weight is 286 g/mol. The standard InChI is InChI=1S/C11H12BrNOS/c1-7-3-4-9(14-7)10(13-2)11-8(12)5-6-15-11/h3-6,10,13H,1-2H3. The van der Waals surface area contributed by atoms with Gasteiger partial charge in [0.15, 0.2) is 0 Å². The summed E-state index contributed by atoms with van der Waals surface area (Å²) in [6, 6.07) is 6.19. The predicted octanol–water partition coefficient (Wildman–Crippen LogP) is 3.72. The van der Waals surface area contributed by atoms with Crippen LogP contribution in [0.1, 0.15) is 22.4 Å². The molecule has 2 aromatic heterocycles. The highest BCUT2D eigenvalue weighted by Gasteiger charge is 2.19. The molecule has 15 heavy (non-hydrogen) atoms. The van der Waals surface area contributed by atoms with E-state index in [0.29, 0.717) is 0 Å². The van der Waals surface area contributed by atoms with E-state index in [2.05, 4.69) is 32.7 Å². The van der Waals surface area contributed by atoms with Crippen LogP contribution in [0.25, 0.3) is 0 Å². The van der Waals surface area contributed by atoms with Crippen LogP contribution < -0.4 is 5.32 Å². The third kappa shape index (κ3) is 2.17. The molecule has 80 valence electrons. The van der Waals surface area contributed by atoms with Gasteiger partial charge in [0, 0.05) is 9.35 Å². The van der Waals surface area contributed by atoms with Crippen LogP contribution in [-0.2, 0) is 0 Å². The maximum atomic E-state index is 5.64. The van der Waals surface area contributed by atoms with Crippen molar-refractivity contribution >= 4 is 27.3 Å². The summed E-state index contributed by atoms with van der Waals surface area (Å²) in [5.74, 6) is 1.90. The first kappa shape index (κ1) is 10.9. The predicted molar refractivity (Wildman–Crippen MR) is 66.4 cm³/mol. The number of hydrogen-bond acceptors (Lipinski definition) is 3.